The normalized spacial score (nSPS) is 11.3. The Bertz CT molecular complexity index is 636. The van der Waals surface area contributed by atoms with Gasteiger partial charge in [-0.3, -0.25) is 4.79 Å². The average molecular weight is 276 g/mol. The maximum atomic E-state index is 13.8. The molecule has 2 rings (SSSR count). The van der Waals surface area contributed by atoms with E-state index >= 15 is 0 Å². The Hall–Kier alpha value is -2.23. The summed E-state index contributed by atoms with van der Waals surface area (Å²) in [5.74, 6) is -4.89. The Balaban J connectivity index is 2.43. The lowest BCUT2D eigenvalue weighted by Crippen LogP contribution is -2.18. The van der Waals surface area contributed by atoms with Crippen molar-refractivity contribution >= 4 is 5.97 Å². The molecule has 0 saturated heterocycles. The Morgan fingerprint density at radius 2 is 1.85 bits per heavy atom. The van der Waals surface area contributed by atoms with Crippen molar-refractivity contribution in [2.24, 2.45) is 0 Å². The molecule has 0 radical (unpaired) electrons. The number of benzene rings is 2. The van der Waals surface area contributed by atoms with Crippen molar-refractivity contribution in [1.29, 1.82) is 0 Å². The lowest BCUT2D eigenvalue weighted by Gasteiger charge is -2.16. The predicted octanol–water partition coefficient (Wildman–Crippen LogP) is 4.23. The topological polar surface area (TPSA) is 37.3 Å². The van der Waals surface area contributed by atoms with Gasteiger partial charge in [0.2, 0.25) is 0 Å². The molecule has 2 aromatic rings. The standard InChI is InChI=1S/C16H14F2O2/c1-11-5-2-3-8-14(11)12-6-4-7-13(9-12)16(17,18)10-15(19)20/h2-9H,10H2,1H3,(H,19,20). The lowest BCUT2D eigenvalue weighted by atomic mass is 9.96. The van der Waals surface area contributed by atoms with Crippen LogP contribution in [0.1, 0.15) is 17.5 Å². The Morgan fingerprint density at radius 1 is 1.15 bits per heavy atom. The maximum Gasteiger partial charge on any atom is 0.309 e. The van der Waals surface area contributed by atoms with Gasteiger partial charge in [0.1, 0.15) is 6.42 Å². The van der Waals surface area contributed by atoms with Gasteiger partial charge in [-0.1, -0.05) is 42.5 Å². The van der Waals surface area contributed by atoms with E-state index < -0.39 is 18.3 Å². The van der Waals surface area contributed by atoms with Crippen molar-refractivity contribution in [2.75, 3.05) is 0 Å². The number of hydrogen-bond acceptors (Lipinski definition) is 1. The first-order valence-electron chi connectivity index (χ1n) is 6.16. The molecule has 4 heteroatoms. The van der Waals surface area contributed by atoms with Gasteiger partial charge in [-0.05, 0) is 29.7 Å². The van der Waals surface area contributed by atoms with Crippen molar-refractivity contribution in [3.8, 4) is 11.1 Å². The van der Waals surface area contributed by atoms with Gasteiger partial charge in [-0.25, -0.2) is 8.78 Å². The summed E-state index contributed by atoms with van der Waals surface area (Å²) in [4.78, 5) is 10.5. The summed E-state index contributed by atoms with van der Waals surface area (Å²) in [5.41, 5.74) is 2.22. The van der Waals surface area contributed by atoms with Gasteiger partial charge in [0.15, 0.2) is 0 Å². The van der Waals surface area contributed by atoms with E-state index in [1.165, 1.54) is 18.2 Å². The largest absolute Gasteiger partial charge is 0.481 e. The van der Waals surface area contributed by atoms with E-state index in [4.69, 9.17) is 5.11 Å². The number of hydrogen-bond donors (Lipinski definition) is 1. The highest BCUT2D eigenvalue weighted by atomic mass is 19.3. The summed E-state index contributed by atoms with van der Waals surface area (Å²) in [6.07, 6.45) is -1.20. The molecule has 0 fully saturated rings. The molecular formula is C16H14F2O2. The second-order valence-electron chi connectivity index (χ2n) is 4.67. The molecule has 0 spiro atoms. The van der Waals surface area contributed by atoms with Gasteiger partial charge >= 0.3 is 5.97 Å². The van der Waals surface area contributed by atoms with E-state index in [1.807, 2.05) is 31.2 Å². The van der Waals surface area contributed by atoms with Gasteiger partial charge in [-0.2, -0.15) is 0 Å². The van der Waals surface area contributed by atoms with Crippen molar-refractivity contribution < 1.29 is 18.7 Å². The van der Waals surface area contributed by atoms with Crippen LogP contribution in [-0.4, -0.2) is 11.1 Å². The third-order valence-electron chi connectivity index (χ3n) is 3.11. The zero-order chi connectivity index (χ0) is 14.8. The Kier molecular flexibility index (Phi) is 3.84. The van der Waals surface area contributed by atoms with Crippen LogP contribution in [0.15, 0.2) is 48.5 Å². The summed E-state index contributed by atoms with van der Waals surface area (Å²) in [7, 11) is 0. The molecule has 0 aliphatic carbocycles. The van der Waals surface area contributed by atoms with Crippen LogP contribution >= 0.6 is 0 Å². The van der Waals surface area contributed by atoms with E-state index in [0.717, 1.165) is 11.1 Å². The number of aliphatic carboxylic acids is 1. The molecule has 1 N–H and O–H groups in total. The molecular weight excluding hydrogens is 262 g/mol. The maximum absolute atomic E-state index is 13.8. The fourth-order valence-electron chi connectivity index (χ4n) is 2.10. The minimum absolute atomic E-state index is 0.277. The van der Waals surface area contributed by atoms with Crippen LogP contribution in [0.4, 0.5) is 8.78 Å². The quantitative estimate of drug-likeness (QED) is 0.907. The van der Waals surface area contributed by atoms with E-state index in [2.05, 4.69) is 0 Å². The minimum Gasteiger partial charge on any atom is -0.481 e. The molecule has 2 aromatic carbocycles. The monoisotopic (exact) mass is 276 g/mol. The SMILES string of the molecule is Cc1ccccc1-c1cccc(C(F)(F)CC(=O)O)c1. The molecule has 0 saturated carbocycles. The molecule has 0 aliphatic rings. The molecule has 20 heavy (non-hydrogen) atoms. The van der Waals surface area contributed by atoms with E-state index in [9.17, 15) is 13.6 Å². The number of carboxylic acid groups (broad SMARTS) is 1. The number of carboxylic acids is 1. The third kappa shape index (κ3) is 3.02. The van der Waals surface area contributed by atoms with Crippen LogP contribution in [-0.2, 0) is 10.7 Å². The highest BCUT2D eigenvalue weighted by Gasteiger charge is 2.34. The lowest BCUT2D eigenvalue weighted by molar-refractivity contribution is -0.145. The zero-order valence-electron chi connectivity index (χ0n) is 10.9. The fraction of sp³-hybridized carbons (Fsp3) is 0.188. The molecule has 2 nitrogen and oxygen atoms in total. The molecule has 0 atom stereocenters. The average Bonchev–Trinajstić information content (AvgIpc) is 2.38. The van der Waals surface area contributed by atoms with Crippen LogP contribution in [0.2, 0.25) is 0 Å². The molecule has 104 valence electrons. The van der Waals surface area contributed by atoms with Gasteiger partial charge in [0.05, 0.1) is 0 Å². The zero-order valence-corrected chi connectivity index (χ0v) is 10.9. The minimum atomic E-state index is -3.37. The smallest absolute Gasteiger partial charge is 0.309 e. The number of rotatable bonds is 4. The Labute approximate surface area is 115 Å². The molecule has 0 heterocycles. The summed E-state index contributed by atoms with van der Waals surface area (Å²) in [6.45, 7) is 1.90. The first-order valence-corrected chi connectivity index (χ1v) is 6.16. The summed E-state index contributed by atoms with van der Waals surface area (Å²) in [6, 6.07) is 13.3. The van der Waals surface area contributed by atoms with Gasteiger partial charge in [0, 0.05) is 5.56 Å². The number of carbonyl (C=O) groups is 1. The van der Waals surface area contributed by atoms with Crippen LogP contribution in [0.3, 0.4) is 0 Å². The van der Waals surface area contributed by atoms with Crippen LogP contribution < -0.4 is 0 Å². The second kappa shape index (κ2) is 5.41. The molecule has 0 aromatic heterocycles. The highest BCUT2D eigenvalue weighted by molar-refractivity contribution is 5.70. The van der Waals surface area contributed by atoms with Crippen molar-refractivity contribution in [3.05, 3.63) is 59.7 Å². The summed E-state index contributed by atoms with van der Waals surface area (Å²) < 4.78 is 27.6. The molecule has 0 aliphatic heterocycles. The summed E-state index contributed by atoms with van der Waals surface area (Å²) >= 11 is 0. The first kappa shape index (κ1) is 14.2. The van der Waals surface area contributed by atoms with Crippen molar-refractivity contribution in [1.82, 2.24) is 0 Å². The molecule has 0 unspecified atom stereocenters. The highest BCUT2D eigenvalue weighted by Crippen LogP contribution is 2.34. The molecule has 0 bridgehead atoms. The van der Waals surface area contributed by atoms with E-state index in [0.29, 0.717) is 5.56 Å². The van der Waals surface area contributed by atoms with Crippen molar-refractivity contribution in [3.63, 3.8) is 0 Å². The predicted molar refractivity (Wildman–Crippen MR) is 72.8 cm³/mol. The Morgan fingerprint density at radius 3 is 2.50 bits per heavy atom. The van der Waals surface area contributed by atoms with Crippen LogP contribution in [0, 0.1) is 6.92 Å². The van der Waals surface area contributed by atoms with Gasteiger partial charge in [0.25, 0.3) is 5.92 Å². The van der Waals surface area contributed by atoms with Crippen LogP contribution in [0.5, 0.6) is 0 Å². The van der Waals surface area contributed by atoms with Gasteiger partial charge < -0.3 is 5.11 Å². The fourth-order valence-corrected chi connectivity index (χ4v) is 2.10. The number of halogens is 2. The van der Waals surface area contributed by atoms with Crippen LogP contribution in [0.25, 0.3) is 11.1 Å². The third-order valence-corrected chi connectivity index (χ3v) is 3.11. The van der Waals surface area contributed by atoms with Crippen molar-refractivity contribution in [2.45, 2.75) is 19.3 Å². The van der Waals surface area contributed by atoms with E-state index in [-0.39, 0.29) is 5.56 Å². The number of alkyl halides is 2. The van der Waals surface area contributed by atoms with Gasteiger partial charge in [-0.15, -0.1) is 0 Å². The molecule has 0 amide bonds. The van der Waals surface area contributed by atoms with E-state index in [1.54, 1.807) is 6.07 Å². The number of aryl methyl sites for hydroxylation is 1. The second-order valence-corrected chi connectivity index (χ2v) is 4.67. The first-order chi connectivity index (χ1) is 9.40. The summed E-state index contributed by atoms with van der Waals surface area (Å²) in [5, 5.41) is 8.56.